The van der Waals surface area contributed by atoms with E-state index < -0.39 is 0 Å². The molecule has 0 aliphatic carbocycles. The SMILES string of the molecule is CCC(C)c1cnc(CN/C=C2\CC=CN=C2CCOC(C)C)cc1C. The van der Waals surface area contributed by atoms with Crippen LogP contribution in [0.3, 0.4) is 0 Å². The van der Waals surface area contributed by atoms with E-state index in [4.69, 9.17) is 4.74 Å². The van der Waals surface area contributed by atoms with Gasteiger partial charge in [-0.1, -0.05) is 19.9 Å². The first-order valence-corrected chi connectivity index (χ1v) is 9.72. The van der Waals surface area contributed by atoms with Crippen LogP contribution in [-0.2, 0) is 11.3 Å². The molecule has 1 atom stereocenters. The number of aromatic nitrogens is 1. The van der Waals surface area contributed by atoms with Crippen LogP contribution in [0.15, 0.2) is 41.3 Å². The van der Waals surface area contributed by atoms with Crippen molar-refractivity contribution in [3.63, 3.8) is 0 Å². The van der Waals surface area contributed by atoms with E-state index in [2.05, 4.69) is 68.3 Å². The van der Waals surface area contributed by atoms with Gasteiger partial charge in [0.1, 0.15) is 0 Å². The van der Waals surface area contributed by atoms with E-state index in [0.717, 1.165) is 37.2 Å². The second-order valence-electron chi connectivity index (χ2n) is 7.23. The van der Waals surface area contributed by atoms with Gasteiger partial charge in [-0.3, -0.25) is 9.98 Å². The first-order valence-electron chi connectivity index (χ1n) is 9.72. The predicted octanol–water partition coefficient (Wildman–Crippen LogP) is 5.05. The minimum atomic E-state index is 0.257. The number of rotatable bonds is 9. The van der Waals surface area contributed by atoms with E-state index in [1.807, 2.05) is 12.4 Å². The van der Waals surface area contributed by atoms with Gasteiger partial charge >= 0.3 is 0 Å². The predicted molar refractivity (Wildman–Crippen MR) is 109 cm³/mol. The average molecular weight is 356 g/mol. The molecular formula is C22H33N3O. The van der Waals surface area contributed by atoms with Gasteiger partial charge < -0.3 is 10.1 Å². The third kappa shape index (κ3) is 6.10. The van der Waals surface area contributed by atoms with Gasteiger partial charge in [-0.15, -0.1) is 0 Å². The summed E-state index contributed by atoms with van der Waals surface area (Å²) in [7, 11) is 0. The zero-order valence-electron chi connectivity index (χ0n) is 16.9. The van der Waals surface area contributed by atoms with Gasteiger partial charge in [0.15, 0.2) is 0 Å². The molecule has 0 fully saturated rings. The van der Waals surface area contributed by atoms with Crippen LogP contribution in [0.4, 0.5) is 0 Å². The molecule has 2 rings (SSSR count). The molecule has 1 aromatic rings. The molecule has 0 bridgehead atoms. The molecule has 2 heterocycles. The van der Waals surface area contributed by atoms with Crippen molar-refractivity contribution < 1.29 is 4.74 Å². The average Bonchev–Trinajstić information content (AvgIpc) is 2.62. The molecule has 26 heavy (non-hydrogen) atoms. The van der Waals surface area contributed by atoms with E-state index in [1.165, 1.54) is 16.7 Å². The number of pyridine rings is 1. The van der Waals surface area contributed by atoms with E-state index in [-0.39, 0.29) is 6.10 Å². The van der Waals surface area contributed by atoms with Gasteiger partial charge in [0.25, 0.3) is 0 Å². The van der Waals surface area contributed by atoms with Crippen LogP contribution >= 0.6 is 0 Å². The van der Waals surface area contributed by atoms with Crippen molar-refractivity contribution in [2.45, 2.75) is 72.4 Å². The lowest BCUT2D eigenvalue weighted by atomic mass is 9.96. The number of ether oxygens (including phenoxy) is 1. The highest BCUT2D eigenvalue weighted by atomic mass is 16.5. The minimum absolute atomic E-state index is 0.257. The standard InChI is InChI=1S/C22H33N3O/c1-6-17(4)21-15-25-20(12-18(21)5)14-23-13-19-8-7-10-24-22(19)9-11-26-16(2)3/h7,10,12-13,15-17,23H,6,8-9,11,14H2,1-5H3/b19-13+. The topological polar surface area (TPSA) is 46.5 Å². The van der Waals surface area contributed by atoms with Crippen molar-refractivity contribution in [2.24, 2.45) is 4.99 Å². The van der Waals surface area contributed by atoms with Crippen LogP contribution in [0.25, 0.3) is 0 Å². The molecule has 1 aliphatic rings. The molecule has 0 spiro atoms. The summed E-state index contributed by atoms with van der Waals surface area (Å²) < 4.78 is 5.66. The monoisotopic (exact) mass is 355 g/mol. The summed E-state index contributed by atoms with van der Waals surface area (Å²) in [5.41, 5.74) is 6.09. The fourth-order valence-electron chi connectivity index (χ4n) is 3.02. The number of nitrogens with zero attached hydrogens (tertiary/aromatic N) is 2. The van der Waals surface area contributed by atoms with Crippen LogP contribution in [0, 0.1) is 6.92 Å². The Morgan fingerprint density at radius 3 is 2.81 bits per heavy atom. The summed E-state index contributed by atoms with van der Waals surface area (Å²) in [6, 6.07) is 2.19. The van der Waals surface area contributed by atoms with Crippen molar-refractivity contribution in [1.29, 1.82) is 0 Å². The van der Waals surface area contributed by atoms with Crippen molar-refractivity contribution in [1.82, 2.24) is 10.3 Å². The summed E-state index contributed by atoms with van der Waals surface area (Å²) in [6.07, 6.45) is 11.2. The summed E-state index contributed by atoms with van der Waals surface area (Å²) in [5.74, 6) is 0.562. The van der Waals surface area contributed by atoms with E-state index in [9.17, 15) is 0 Å². The maximum atomic E-state index is 5.66. The first kappa shape index (κ1) is 20.4. The lowest BCUT2D eigenvalue weighted by molar-refractivity contribution is 0.0846. The lowest BCUT2D eigenvalue weighted by Crippen LogP contribution is -2.15. The maximum Gasteiger partial charge on any atom is 0.0597 e. The Morgan fingerprint density at radius 1 is 1.31 bits per heavy atom. The fraction of sp³-hybridized carbons (Fsp3) is 0.545. The lowest BCUT2D eigenvalue weighted by Gasteiger charge is -2.15. The molecule has 1 aliphatic heterocycles. The molecule has 0 saturated carbocycles. The van der Waals surface area contributed by atoms with Crippen molar-refractivity contribution in [3.8, 4) is 0 Å². The molecule has 4 nitrogen and oxygen atoms in total. The van der Waals surface area contributed by atoms with Gasteiger partial charge in [-0.2, -0.15) is 0 Å². The highest BCUT2D eigenvalue weighted by molar-refractivity contribution is 6.01. The van der Waals surface area contributed by atoms with Gasteiger partial charge in [-0.05, 0) is 62.3 Å². The molecule has 0 amide bonds. The van der Waals surface area contributed by atoms with Gasteiger partial charge in [0, 0.05) is 30.7 Å². The number of hydrogen-bond donors (Lipinski definition) is 1. The van der Waals surface area contributed by atoms with Crippen molar-refractivity contribution >= 4 is 5.71 Å². The summed E-state index contributed by atoms with van der Waals surface area (Å²) in [6.45, 7) is 12.2. The maximum absolute atomic E-state index is 5.66. The molecule has 4 heteroatoms. The molecule has 1 N–H and O–H groups in total. The summed E-state index contributed by atoms with van der Waals surface area (Å²) in [5, 5.41) is 3.41. The molecule has 0 radical (unpaired) electrons. The van der Waals surface area contributed by atoms with E-state index >= 15 is 0 Å². The smallest absolute Gasteiger partial charge is 0.0597 e. The van der Waals surface area contributed by atoms with E-state index in [1.54, 1.807) is 0 Å². The summed E-state index contributed by atoms with van der Waals surface area (Å²) in [4.78, 5) is 9.14. The third-order valence-corrected chi connectivity index (χ3v) is 4.74. The zero-order valence-corrected chi connectivity index (χ0v) is 16.9. The van der Waals surface area contributed by atoms with Gasteiger partial charge in [0.05, 0.1) is 24.9 Å². The number of aliphatic imine (C=N–C) groups is 1. The van der Waals surface area contributed by atoms with Crippen molar-refractivity contribution in [2.75, 3.05) is 6.61 Å². The second kappa shape index (κ2) is 10.3. The minimum Gasteiger partial charge on any atom is -0.385 e. The highest BCUT2D eigenvalue weighted by Crippen LogP contribution is 2.22. The van der Waals surface area contributed by atoms with Crippen LogP contribution in [0.5, 0.6) is 0 Å². The number of allylic oxidation sites excluding steroid dienone is 2. The molecule has 142 valence electrons. The first-order chi connectivity index (χ1) is 12.5. The third-order valence-electron chi connectivity index (χ3n) is 4.74. The van der Waals surface area contributed by atoms with Crippen LogP contribution in [-0.4, -0.2) is 23.4 Å². The van der Waals surface area contributed by atoms with Crippen LogP contribution in [0.1, 0.15) is 69.7 Å². The Bertz CT molecular complexity index is 674. The molecule has 1 aromatic heterocycles. The van der Waals surface area contributed by atoms with E-state index in [0.29, 0.717) is 12.5 Å². The van der Waals surface area contributed by atoms with Crippen molar-refractivity contribution in [3.05, 3.63) is 53.1 Å². The zero-order chi connectivity index (χ0) is 18.9. The Morgan fingerprint density at radius 2 is 2.12 bits per heavy atom. The molecule has 0 aromatic carbocycles. The van der Waals surface area contributed by atoms with Gasteiger partial charge in [0.2, 0.25) is 0 Å². The largest absolute Gasteiger partial charge is 0.385 e. The Labute approximate surface area is 158 Å². The molecule has 1 unspecified atom stereocenters. The Hall–Kier alpha value is -1.94. The van der Waals surface area contributed by atoms with Crippen LogP contribution in [0.2, 0.25) is 0 Å². The Balaban J connectivity index is 1.93. The Kier molecular flexibility index (Phi) is 8.05. The number of hydrogen-bond acceptors (Lipinski definition) is 4. The normalized spacial score (nSPS) is 16.8. The number of nitrogens with one attached hydrogen (secondary N) is 1. The number of aryl methyl sites for hydroxylation is 1. The fourth-order valence-corrected chi connectivity index (χ4v) is 3.02. The highest BCUT2D eigenvalue weighted by Gasteiger charge is 2.10. The molecular weight excluding hydrogens is 322 g/mol. The molecule has 0 saturated heterocycles. The van der Waals surface area contributed by atoms with Crippen LogP contribution < -0.4 is 5.32 Å². The quantitative estimate of drug-likeness (QED) is 0.674. The van der Waals surface area contributed by atoms with Gasteiger partial charge in [-0.25, -0.2) is 0 Å². The second-order valence-corrected chi connectivity index (χ2v) is 7.23. The summed E-state index contributed by atoms with van der Waals surface area (Å²) >= 11 is 0.